The zero-order valence-electron chi connectivity index (χ0n) is 11.9. The number of aryl methyl sites for hydroxylation is 2. The summed E-state index contributed by atoms with van der Waals surface area (Å²) in [6.45, 7) is 4.06. The summed E-state index contributed by atoms with van der Waals surface area (Å²) in [6, 6.07) is 0. The molecule has 0 spiro atoms. The van der Waals surface area contributed by atoms with Gasteiger partial charge in [-0.15, -0.1) is 5.10 Å². The summed E-state index contributed by atoms with van der Waals surface area (Å²) in [6.07, 6.45) is 7.88. The van der Waals surface area contributed by atoms with E-state index in [-0.39, 0.29) is 11.6 Å². The van der Waals surface area contributed by atoms with Gasteiger partial charge in [-0.05, 0) is 46.0 Å². The first-order chi connectivity index (χ1) is 9.08. The summed E-state index contributed by atoms with van der Waals surface area (Å²) in [5.41, 5.74) is 0.982. The molecule has 0 amide bonds. The average Bonchev–Trinajstić information content (AvgIpc) is 2.78. The monoisotopic (exact) mass is 265 g/mol. The summed E-state index contributed by atoms with van der Waals surface area (Å²) in [5, 5.41) is 8.17. The second-order valence-corrected chi connectivity index (χ2v) is 5.04. The minimum absolute atomic E-state index is 0.241. The van der Waals surface area contributed by atoms with Gasteiger partial charge in [0.1, 0.15) is 11.6 Å². The molecule has 106 valence electrons. The molecule has 0 radical (unpaired) electrons. The second-order valence-electron chi connectivity index (χ2n) is 5.04. The van der Waals surface area contributed by atoms with Crippen molar-refractivity contribution >= 4 is 11.6 Å². The number of nitrogens with zero attached hydrogens (tertiary/aromatic N) is 3. The topological polar surface area (TPSA) is 64.8 Å². The molecule has 0 aliphatic carbocycles. The standard InChI is InChI=1S/C14H23N3O2/c1-12(18)7-3-4-9-14-11-17(16-15-14)10-6-5-8-13(2)19/h11H,3-10H2,1-2H3. The summed E-state index contributed by atoms with van der Waals surface area (Å²) in [4.78, 5) is 21.6. The van der Waals surface area contributed by atoms with E-state index in [0.29, 0.717) is 12.8 Å². The molecule has 1 aromatic rings. The highest BCUT2D eigenvalue weighted by molar-refractivity contribution is 5.75. The van der Waals surface area contributed by atoms with Crippen LogP contribution < -0.4 is 0 Å². The third-order valence-electron chi connectivity index (χ3n) is 2.96. The molecule has 0 aromatic carbocycles. The van der Waals surface area contributed by atoms with Gasteiger partial charge >= 0.3 is 0 Å². The fourth-order valence-electron chi connectivity index (χ4n) is 1.89. The van der Waals surface area contributed by atoms with Gasteiger partial charge < -0.3 is 9.59 Å². The van der Waals surface area contributed by atoms with Crippen LogP contribution in [0.1, 0.15) is 58.1 Å². The van der Waals surface area contributed by atoms with Gasteiger partial charge in [0, 0.05) is 25.6 Å². The number of hydrogen-bond donors (Lipinski definition) is 0. The molecule has 0 saturated carbocycles. The molecular formula is C14H23N3O2. The molecule has 5 nitrogen and oxygen atoms in total. The molecule has 0 saturated heterocycles. The van der Waals surface area contributed by atoms with Crippen LogP contribution in [-0.4, -0.2) is 26.6 Å². The van der Waals surface area contributed by atoms with Crippen molar-refractivity contribution in [2.75, 3.05) is 0 Å². The second kappa shape index (κ2) is 8.56. The highest BCUT2D eigenvalue weighted by atomic mass is 16.1. The predicted octanol–water partition coefficient (Wildman–Crippen LogP) is 2.34. The van der Waals surface area contributed by atoms with Crippen molar-refractivity contribution in [3.63, 3.8) is 0 Å². The summed E-state index contributed by atoms with van der Waals surface area (Å²) in [5.74, 6) is 0.485. The zero-order valence-corrected chi connectivity index (χ0v) is 11.9. The Labute approximate surface area is 114 Å². The van der Waals surface area contributed by atoms with Crippen molar-refractivity contribution in [2.24, 2.45) is 0 Å². The molecule has 0 atom stereocenters. The lowest BCUT2D eigenvalue weighted by molar-refractivity contribution is -0.117. The Kier molecular flexibility index (Phi) is 7.00. The van der Waals surface area contributed by atoms with Crippen molar-refractivity contribution in [3.05, 3.63) is 11.9 Å². The van der Waals surface area contributed by atoms with Gasteiger partial charge in [-0.3, -0.25) is 4.68 Å². The first-order valence-electron chi connectivity index (χ1n) is 6.96. The molecule has 0 N–H and O–H groups in total. The van der Waals surface area contributed by atoms with Crippen LogP contribution in [-0.2, 0) is 22.6 Å². The Morgan fingerprint density at radius 3 is 2.32 bits per heavy atom. The fraction of sp³-hybridized carbons (Fsp3) is 0.714. The Balaban J connectivity index is 2.17. The highest BCUT2D eigenvalue weighted by Crippen LogP contribution is 2.05. The molecule has 1 rings (SSSR count). The summed E-state index contributed by atoms with van der Waals surface area (Å²) < 4.78 is 1.83. The summed E-state index contributed by atoms with van der Waals surface area (Å²) >= 11 is 0. The van der Waals surface area contributed by atoms with E-state index < -0.39 is 0 Å². The zero-order chi connectivity index (χ0) is 14.1. The van der Waals surface area contributed by atoms with E-state index in [0.717, 1.165) is 44.3 Å². The van der Waals surface area contributed by atoms with Gasteiger partial charge in [0.05, 0.1) is 5.69 Å². The van der Waals surface area contributed by atoms with Crippen LogP contribution >= 0.6 is 0 Å². The lowest BCUT2D eigenvalue weighted by atomic mass is 10.1. The van der Waals surface area contributed by atoms with Crippen molar-refractivity contribution in [3.8, 4) is 0 Å². The molecule has 0 unspecified atom stereocenters. The first kappa shape index (κ1) is 15.5. The van der Waals surface area contributed by atoms with E-state index in [1.807, 2.05) is 10.9 Å². The molecule has 0 aliphatic heterocycles. The van der Waals surface area contributed by atoms with Crippen LogP contribution in [0, 0.1) is 0 Å². The number of carbonyl (C=O) groups is 2. The molecule has 1 aromatic heterocycles. The number of ketones is 2. The maximum absolute atomic E-state index is 10.8. The third kappa shape index (κ3) is 7.49. The van der Waals surface area contributed by atoms with Gasteiger partial charge in [-0.25, -0.2) is 0 Å². The van der Waals surface area contributed by atoms with Crippen molar-refractivity contribution in [1.29, 1.82) is 0 Å². The lowest BCUT2D eigenvalue weighted by Crippen LogP contribution is -2.00. The Morgan fingerprint density at radius 1 is 1.05 bits per heavy atom. The Morgan fingerprint density at radius 2 is 1.68 bits per heavy atom. The number of carbonyl (C=O) groups excluding carboxylic acids is 2. The van der Waals surface area contributed by atoms with Crippen LogP contribution in [0.25, 0.3) is 0 Å². The predicted molar refractivity (Wildman–Crippen MR) is 72.8 cm³/mol. The van der Waals surface area contributed by atoms with Crippen LogP contribution in [0.5, 0.6) is 0 Å². The van der Waals surface area contributed by atoms with Crippen molar-refractivity contribution in [2.45, 2.75) is 65.3 Å². The van der Waals surface area contributed by atoms with E-state index in [4.69, 9.17) is 0 Å². The molecule has 1 heterocycles. The van der Waals surface area contributed by atoms with E-state index in [9.17, 15) is 9.59 Å². The molecule has 19 heavy (non-hydrogen) atoms. The van der Waals surface area contributed by atoms with E-state index in [2.05, 4.69) is 10.3 Å². The largest absolute Gasteiger partial charge is 0.300 e. The average molecular weight is 265 g/mol. The van der Waals surface area contributed by atoms with Gasteiger partial charge in [-0.2, -0.15) is 0 Å². The van der Waals surface area contributed by atoms with Crippen LogP contribution in [0.2, 0.25) is 0 Å². The van der Waals surface area contributed by atoms with Gasteiger partial charge in [-0.1, -0.05) is 5.21 Å². The Hall–Kier alpha value is -1.52. The normalized spacial score (nSPS) is 10.6. The number of unbranched alkanes of at least 4 members (excludes halogenated alkanes) is 2. The minimum Gasteiger partial charge on any atom is -0.300 e. The van der Waals surface area contributed by atoms with Crippen LogP contribution in [0.4, 0.5) is 0 Å². The quantitative estimate of drug-likeness (QED) is 0.609. The molecule has 0 fully saturated rings. The molecule has 0 aliphatic rings. The van der Waals surface area contributed by atoms with Gasteiger partial charge in [0.25, 0.3) is 0 Å². The van der Waals surface area contributed by atoms with Crippen molar-refractivity contribution in [1.82, 2.24) is 15.0 Å². The smallest absolute Gasteiger partial charge is 0.129 e. The van der Waals surface area contributed by atoms with E-state index >= 15 is 0 Å². The molecule has 0 bridgehead atoms. The number of hydrogen-bond acceptors (Lipinski definition) is 4. The SMILES string of the molecule is CC(=O)CCCCc1cn(CCCCC(C)=O)nn1. The van der Waals surface area contributed by atoms with E-state index in [1.54, 1.807) is 13.8 Å². The van der Waals surface area contributed by atoms with Crippen LogP contribution in [0.3, 0.4) is 0 Å². The lowest BCUT2D eigenvalue weighted by Gasteiger charge is -1.98. The highest BCUT2D eigenvalue weighted by Gasteiger charge is 2.02. The Bertz CT molecular complexity index is 376. The number of Topliss-reactive ketones (excluding diaryl/α,β-unsaturated/α-hetero) is 2. The number of rotatable bonds is 10. The fourth-order valence-corrected chi connectivity index (χ4v) is 1.89. The van der Waals surface area contributed by atoms with Crippen molar-refractivity contribution < 1.29 is 9.59 Å². The first-order valence-corrected chi connectivity index (χ1v) is 6.96. The van der Waals surface area contributed by atoms with Gasteiger partial charge in [0.2, 0.25) is 0 Å². The molecule has 5 heteroatoms. The maximum Gasteiger partial charge on any atom is 0.129 e. The third-order valence-corrected chi connectivity index (χ3v) is 2.96. The molecular weight excluding hydrogens is 242 g/mol. The van der Waals surface area contributed by atoms with E-state index in [1.165, 1.54) is 0 Å². The van der Waals surface area contributed by atoms with Gasteiger partial charge in [0.15, 0.2) is 0 Å². The summed E-state index contributed by atoms with van der Waals surface area (Å²) in [7, 11) is 0. The van der Waals surface area contributed by atoms with Crippen LogP contribution in [0.15, 0.2) is 6.20 Å². The maximum atomic E-state index is 10.8. The number of aromatic nitrogens is 3. The minimum atomic E-state index is 0.241.